The Morgan fingerprint density at radius 2 is 1.45 bits per heavy atom. The van der Waals surface area contributed by atoms with Gasteiger partial charge in [-0.25, -0.2) is 0 Å². The lowest BCUT2D eigenvalue weighted by Gasteiger charge is -2.11. The highest BCUT2D eigenvalue weighted by atomic mass is 16.1. The molecule has 70 valence electrons. The molecule has 11 heavy (non-hydrogen) atoms. The summed E-state index contributed by atoms with van der Waals surface area (Å²) in [5.74, 6) is 0. The second-order valence-electron chi connectivity index (χ2n) is 2.93. The van der Waals surface area contributed by atoms with Gasteiger partial charge in [0.1, 0.15) is 6.29 Å². The fourth-order valence-corrected chi connectivity index (χ4v) is 0.250. The normalized spacial score (nSPS) is 8.27. The number of hydrogen-bond acceptors (Lipinski definition) is 2. The molecule has 0 aromatic heterocycles. The second-order valence-corrected chi connectivity index (χ2v) is 2.93. The summed E-state index contributed by atoms with van der Waals surface area (Å²) in [5, 5.41) is 0. The van der Waals surface area contributed by atoms with Crippen molar-refractivity contribution in [3.63, 3.8) is 0 Å². The van der Waals surface area contributed by atoms with Gasteiger partial charge in [-0.1, -0.05) is 34.6 Å². The molecule has 0 aromatic rings. The first-order valence-corrected chi connectivity index (χ1v) is 4.07. The fourth-order valence-electron chi connectivity index (χ4n) is 0.250. The van der Waals surface area contributed by atoms with Gasteiger partial charge in [0.2, 0.25) is 0 Å². The molecule has 0 amide bonds. The minimum absolute atomic E-state index is 0.182. The molecule has 0 rings (SSSR count). The molecule has 0 aliphatic rings. The predicted molar refractivity (Wildman–Crippen MR) is 51.6 cm³/mol. The predicted octanol–water partition coefficient (Wildman–Crippen LogP) is 2.22. The summed E-state index contributed by atoms with van der Waals surface area (Å²) in [4.78, 5) is 9.82. The van der Waals surface area contributed by atoms with Gasteiger partial charge < -0.3 is 10.5 Å². The average molecular weight is 161 g/mol. The average Bonchev–Trinajstić information content (AvgIpc) is 1.94. The van der Waals surface area contributed by atoms with Crippen LogP contribution < -0.4 is 5.73 Å². The van der Waals surface area contributed by atoms with Crippen molar-refractivity contribution in [3.8, 4) is 0 Å². The molecule has 0 spiro atoms. The van der Waals surface area contributed by atoms with Crippen LogP contribution >= 0.6 is 0 Å². The summed E-state index contributed by atoms with van der Waals surface area (Å²) in [6.45, 7) is 10.1. The van der Waals surface area contributed by atoms with Crippen LogP contribution in [0.1, 0.15) is 41.0 Å². The summed E-state index contributed by atoms with van der Waals surface area (Å²) in [6, 6.07) is 0. The van der Waals surface area contributed by atoms with Crippen molar-refractivity contribution in [2.24, 2.45) is 11.1 Å². The van der Waals surface area contributed by atoms with Crippen LogP contribution in [0.4, 0.5) is 0 Å². The molecule has 0 aliphatic carbocycles. The van der Waals surface area contributed by atoms with Crippen molar-refractivity contribution in [2.75, 3.05) is 7.05 Å². The van der Waals surface area contributed by atoms with Crippen LogP contribution in [0.25, 0.3) is 0 Å². The van der Waals surface area contributed by atoms with Gasteiger partial charge in [-0.15, -0.1) is 0 Å². The lowest BCUT2D eigenvalue weighted by atomic mass is 9.93. The monoisotopic (exact) mass is 161 g/mol. The third-order valence-electron chi connectivity index (χ3n) is 0.696. The summed E-state index contributed by atoms with van der Waals surface area (Å²) in [6.07, 6.45) is 1.62. The van der Waals surface area contributed by atoms with Gasteiger partial charge in [-0.3, -0.25) is 0 Å². The number of aldehydes is 1. The molecule has 0 aliphatic heterocycles. The molecule has 2 N–H and O–H groups in total. The van der Waals surface area contributed by atoms with E-state index in [-0.39, 0.29) is 5.41 Å². The Labute approximate surface area is 71.2 Å². The first-order chi connectivity index (χ1) is 5.06. The summed E-state index contributed by atoms with van der Waals surface area (Å²) in [5.41, 5.74) is 4.68. The van der Waals surface area contributed by atoms with Crippen LogP contribution in [0, 0.1) is 5.41 Å². The maximum atomic E-state index is 9.82. The van der Waals surface area contributed by atoms with Gasteiger partial charge in [0.25, 0.3) is 0 Å². The summed E-state index contributed by atoms with van der Waals surface area (Å²) >= 11 is 0. The molecule has 0 radical (unpaired) electrons. The van der Waals surface area contributed by atoms with Gasteiger partial charge in [-0.05, 0) is 12.5 Å². The maximum Gasteiger partial charge on any atom is 0.120 e. The Balaban J connectivity index is -0.000000138. The van der Waals surface area contributed by atoms with Gasteiger partial charge in [0, 0.05) is 6.42 Å². The van der Waals surface area contributed by atoms with E-state index in [1.807, 2.05) is 34.6 Å². The van der Waals surface area contributed by atoms with Crippen molar-refractivity contribution < 1.29 is 4.79 Å². The number of carbonyl (C=O) groups is 1. The molecular formula is C9H23NO. The molecule has 0 heterocycles. The molecule has 0 fully saturated rings. The van der Waals surface area contributed by atoms with Crippen LogP contribution in [-0.4, -0.2) is 13.3 Å². The highest BCUT2D eigenvalue weighted by molar-refractivity contribution is 5.50. The van der Waals surface area contributed by atoms with Crippen molar-refractivity contribution in [1.82, 2.24) is 0 Å². The minimum atomic E-state index is 0.182. The van der Waals surface area contributed by atoms with E-state index in [1.165, 1.54) is 7.05 Å². The van der Waals surface area contributed by atoms with E-state index < -0.39 is 0 Å². The number of carbonyl (C=O) groups excluding carboxylic acids is 1. The quantitative estimate of drug-likeness (QED) is 0.599. The Bertz CT molecular complexity index is 64.5. The maximum absolute atomic E-state index is 9.82. The molecule has 2 nitrogen and oxygen atoms in total. The molecule has 0 saturated heterocycles. The van der Waals surface area contributed by atoms with Crippen molar-refractivity contribution in [2.45, 2.75) is 41.0 Å². The van der Waals surface area contributed by atoms with Gasteiger partial charge in [0.15, 0.2) is 0 Å². The van der Waals surface area contributed by atoms with Crippen LogP contribution in [0.2, 0.25) is 0 Å². The minimum Gasteiger partial charge on any atom is -0.333 e. The molecule has 0 aromatic carbocycles. The lowest BCUT2D eigenvalue weighted by Crippen LogP contribution is -2.04. The van der Waals surface area contributed by atoms with E-state index in [1.54, 1.807) is 0 Å². The largest absolute Gasteiger partial charge is 0.333 e. The van der Waals surface area contributed by atoms with Gasteiger partial charge >= 0.3 is 0 Å². The standard InChI is InChI=1S/C6H12O.C2H6.CH5N/c1-6(2,3)4-5-7;2*1-2/h5H,4H2,1-3H3;1-2H3;2H2,1H3. The van der Waals surface area contributed by atoms with E-state index in [2.05, 4.69) is 5.73 Å². The van der Waals surface area contributed by atoms with E-state index in [9.17, 15) is 4.79 Å². The van der Waals surface area contributed by atoms with Crippen molar-refractivity contribution in [3.05, 3.63) is 0 Å². The zero-order chi connectivity index (χ0) is 9.91. The molecule has 2 heteroatoms. The molecular weight excluding hydrogens is 138 g/mol. The number of rotatable bonds is 1. The number of hydrogen-bond donors (Lipinski definition) is 1. The fraction of sp³-hybridized carbons (Fsp3) is 0.889. The number of nitrogens with two attached hydrogens (primary N) is 1. The highest BCUT2D eigenvalue weighted by Gasteiger charge is 2.06. The third kappa shape index (κ3) is 42.5. The Kier molecular flexibility index (Phi) is 19.0. The first kappa shape index (κ1) is 16.9. The van der Waals surface area contributed by atoms with Crippen molar-refractivity contribution in [1.29, 1.82) is 0 Å². The zero-order valence-corrected chi connectivity index (χ0v) is 8.77. The van der Waals surface area contributed by atoms with Gasteiger partial charge in [-0.2, -0.15) is 0 Å². The molecule has 0 atom stereocenters. The van der Waals surface area contributed by atoms with E-state index >= 15 is 0 Å². The smallest absolute Gasteiger partial charge is 0.120 e. The van der Waals surface area contributed by atoms with E-state index in [4.69, 9.17) is 0 Å². The van der Waals surface area contributed by atoms with E-state index in [0.717, 1.165) is 6.29 Å². The zero-order valence-electron chi connectivity index (χ0n) is 8.77. The SMILES string of the molecule is CC.CC(C)(C)CC=O.CN. The lowest BCUT2D eigenvalue weighted by molar-refractivity contribution is -0.109. The molecule has 0 bridgehead atoms. The van der Waals surface area contributed by atoms with E-state index in [0.29, 0.717) is 6.42 Å². The topological polar surface area (TPSA) is 43.1 Å². The summed E-state index contributed by atoms with van der Waals surface area (Å²) < 4.78 is 0. The Hall–Kier alpha value is -0.370. The summed E-state index contributed by atoms with van der Waals surface area (Å²) in [7, 11) is 1.50. The van der Waals surface area contributed by atoms with Crippen LogP contribution in [0.3, 0.4) is 0 Å². The third-order valence-corrected chi connectivity index (χ3v) is 0.696. The van der Waals surface area contributed by atoms with Crippen LogP contribution in [-0.2, 0) is 4.79 Å². The van der Waals surface area contributed by atoms with Crippen LogP contribution in [0.5, 0.6) is 0 Å². The molecule has 0 unspecified atom stereocenters. The Morgan fingerprint density at radius 3 is 1.45 bits per heavy atom. The van der Waals surface area contributed by atoms with Crippen LogP contribution in [0.15, 0.2) is 0 Å². The highest BCUT2D eigenvalue weighted by Crippen LogP contribution is 2.15. The first-order valence-electron chi connectivity index (χ1n) is 4.07. The molecule has 0 saturated carbocycles. The second kappa shape index (κ2) is 12.3. The van der Waals surface area contributed by atoms with Crippen molar-refractivity contribution >= 4 is 6.29 Å². The van der Waals surface area contributed by atoms with Gasteiger partial charge in [0.05, 0.1) is 0 Å². The Morgan fingerprint density at radius 1 is 1.18 bits per heavy atom.